The van der Waals surface area contributed by atoms with Gasteiger partial charge in [0.25, 0.3) is 0 Å². The highest BCUT2D eigenvalue weighted by Gasteiger charge is 2.37. The Hall–Kier alpha value is -2.37. The number of carboxylic acid groups (broad SMARTS) is 1. The van der Waals surface area contributed by atoms with Crippen molar-refractivity contribution in [1.82, 2.24) is 4.98 Å². The van der Waals surface area contributed by atoms with E-state index in [-0.39, 0.29) is 22.0 Å². The summed E-state index contributed by atoms with van der Waals surface area (Å²) in [6, 6.07) is -4.78. The van der Waals surface area contributed by atoms with Crippen LogP contribution < -0.4 is 5.73 Å². The molecule has 0 saturated heterocycles. The minimum atomic E-state index is -4.12. The summed E-state index contributed by atoms with van der Waals surface area (Å²) in [7, 11) is 0. The molecule has 8 nitrogen and oxygen atoms in total. The second kappa shape index (κ2) is 6.17. The summed E-state index contributed by atoms with van der Waals surface area (Å²) in [5, 5.41) is 44.8. The number of hydrogen-bond acceptors (Lipinski definition) is 7. The van der Waals surface area contributed by atoms with E-state index in [4.69, 9.17) is 42.9 Å². The maximum Gasteiger partial charge on any atom is 0.356 e. The smallest absolute Gasteiger partial charge is 0.356 e. The third-order valence-corrected chi connectivity index (χ3v) is 3.59. The Kier molecular flexibility index (Phi) is 4.68. The molecule has 1 heterocycles. The van der Waals surface area contributed by atoms with Crippen LogP contribution in [0.4, 0.5) is 14.5 Å². The molecular weight excluding hydrogens is 366 g/mol. The quantitative estimate of drug-likeness (QED) is 0.428. The van der Waals surface area contributed by atoms with Gasteiger partial charge in [0.1, 0.15) is 0 Å². The summed E-state index contributed by atoms with van der Waals surface area (Å²) in [6.07, 6.45) is 0. The van der Waals surface area contributed by atoms with E-state index in [0.717, 1.165) is 12.1 Å². The molecule has 134 valence electrons. The third-order valence-electron chi connectivity index (χ3n) is 3.19. The van der Waals surface area contributed by atoms with Crippen molar-refractivity contribution in [2.45, 2.75) is 12.1 Å². The summed E-state index contributed by atoms with van der Waals surface area (Å²) in [5.41, 5.74) is 2.07. The number of aromatic nitrogens is 1. The second-order valence-corrected chi connectivity index (χ2v) is 5.38. The molecule has 0 unspecified atom stereocenters. The highest BCUT2D eigenvalue weighted by atomic mass is 35.5. The van der Waals surface area contributed by atoms with Crippen molar-refractivity contribution in [3.63, 3.8) is 0 Å². The van der Waals surface area contributed by atoms with Crippen LogP contribution in [0.25, 0.3) is 11.3 Å². The molecule has 2 rings (SSSR count). The lowest BCUT2D eigenvalue weighted by molar-refractivity contribution is -0.290. The van der Waals surface area contributed by atoms with Gasteiger partial charge in [-0.05, 0) is 18.2 Å². The van der Waals surface area contributed by atoms with Gasteiger partial charge < -0.3 is 31.3 Å². The second-order valence-electron chi connectivity index (χ2n) is 5.00. The first-order chi connectivity index (χ1) is 11.3. The number of benzene rings is 1. The van der Waals surface area contributed by atoms with Gasteiger partial charge in [-0.2, -0.15) is 8.78 Å². The van der Waals surface area contributed by atoms with Crippen LogP contribution in [-0.4, -0.2) is 36.5 Å². The Labute approximate surface area is 143 Å². The summed E-state index contributed by atoms with van der Waals surface area (Å²) < 4.78 is 26.8. The van der Waals surface area contributed by atoms with Crippen LogP contribution in [0.2, 0.25) is 5.02 Å². The Morgan fingerprint density at radius 3 is 2.12 bits per heavy atom. The molecule has 0 atom stereocenters. The molecule has 7 N–H and O–H groups in total. The minimum Gasteiger partial charge on any atom is -0.476 e. The van der Waals surface area contributed by atoms with Crippen LogP contribution in [0.1, 0.15) is 21.6 Å². The Bertz CT molecular complexity index is 848. The van der Waals surface area contributed by atoms with Gasteiger partial charge in [-0.3, -0.25) is 0 Å². The van der Waals surface area contributed by atoms with E-state index < -0.39 is 34.9 Å². The number of pyridine rings is 1. The summed E-state index contributed by atoms with van der Waals surface area (Å²) in [5.74, 6) is -1.51. The van der Waals surface area contributed by atoms with Gasteiger partial charge in [0, 0.05) is 5.56 Å². The molecule has 0 aliphatic rings. The summed E-state index contributed by atoms with van der Waals surface area (Å²) in [4.78, 5) is 14.8. The fourth-order valence-corrected chi connectivity index (χ4v) is 2.26. The zero-order chi connectivity index (χ0) is 19.2. The van der Waals surface area contributed by atoms with Gasteiger partial charge in [0.15, 0.2) is 5.69 Å². The number of hydrogen-bond donors (Lipinski definition) is 6. The van der Waals surface area contributed by atoms with Crippen LogP contribution in [0.3, 0.4) is 0 Å². The number of carbonyl (C=O) groups is 1. The maximum atomic E-state index is 13.5. The Balaban J connectivity index is 2.72. The molecule has 0 radical (unpaired) electrons. The normalized spacial score (nSPS) is 12.3. The number of rotatable bonds is 4. The molecule has 25 heavy (non-hydrogen) atoms. The fourth-order valence-electron chi connectivity index (χ4n) is 2.08. The molecule has 0 bridgehead atoms. The van der Waals surface area contributed by atoms with Crippen LogP contribution >= 0.6 is 11.6 Å². The van der Waals surface area contributed by atoms with Crippen molar-refractivity contribution in [3.05, 3.63) is 46.1 Å². The molecule has 1 aromatic heterocycles. The van der Waals surface area contributed by atoms with E-state index in [0.29, 0.717) is 12.1 Å². The Morgan fingerprint density at radius 2 is 1.64 bits per heavy atom. The fraction of sp³-hybridized carbons (Fsp3) is 0.143. The average Bonchev–Trinajstić information content (AvgIpc) is 2.47. The molecule has 0 aliphatic heterocycles. The third kappa shape index (κ3) is 3.83. The highest BCUT2D eigenvalue weighted by molar-refractivity contribution is 6.35. The molecule has 0 amide bonds. The standard InChI is InChI=1S/C14H11ClF2N2O6/c15-10-8(18)4-9(19-11(10)12(20)21)5-1-2-6(13(16,22)23)7(3-5)14(17,24)25/h1-4,22-25H,(H2,18,19)(H,20,21). The molecule has 11 heteroatoms. The number of alkyl halides is 2. The van der Waals surface area contributed by atoms with Gasteiger partial charge in [0.05, 0.1) is 27.5 Å². The number of aromatic carboxylic acids is 1. The van der Waals surface area contributed by atoms with E-state index in [1.807, 2.05) is 0 Å². The topological polar surface area (TPSA) is 157 Å². The lowest BCUT2D eigenvalue weighted by atomic mass is 9.99. The van der Waals surface area contributed by atoms with Crippen LogP contribution in [0, 0.1) is 0 Å². The van der Waals surface area contributed by atoms with Gasteiger partial charge >= 0.3 is 18.1 Å². The highest BCUT2D eigenvalue weighted by Crippen LogP contribution is 2.35. The Morgan fingerprint density at radius 1 is 1.08 bits per heavy atom. The van der Waals surface area contributed by atoms with E-state index in [9.17, 15) is 13.6 Å². The minimum absolute atomic E-state index is 0.126. The molecule has 0 fully saturated rings. The molecule has 2 aromatic rings. The molecule has 0 aliphatic carbocycles. The largest absolute Gasteiger partial charge is 0.476 e. The van der Waals surface area contributed by atoms with Crippen molar-refractivity contribution < 1.29 is 39.1 Å². The average molecular weight is 377 g/mol. The number of carboxylic acids is 1. The number of nitrogen functional groups attached to an aromatic ring is 1. The number of halogens is 3. The first-order valence-electron chi connectivity index (χ1n) is 6.44. The van der Waals surface area contributed by atoms with Gasteiger partial charge in [-0.1, -0.05) is 17.7 Å². The number of anilines is 1. The van der Waals surface area contributed by atoms with Crippen molar-refractivity contribution >= 4 is 23.3 Å². The van der Waals surface area contributed by atoms with E-state index in [1.54, 1.807) is 0 Å². The zero-order valence-corrected chi connectivity index (χ0v) is 12.9. The van der Waals surface area contributed by atoms with Crippen LogP contribution in [0.15, 0.2) is 24.3 Å². The van der Waals surface area contributed by atoms with Crippen molar-refractivity contribution in [1.29, 1.82) is 0 Å². The lowest BCUT2D eigenvalue weighted by Gasteiger charge is -2.21. The SMILES string of the molecule is Nc1cc(-c2ccc(C(O)(O)F)c(C(O)(O)F)c2)nc(C(=O)O)c1Cl. The summed E-state index contributed by atoms with van der Waals surface area (Å²) >= 11 is 5.71. The monoisotopic (exact) mass is 376 g/mol. The molecule has 0 saturated carbocycles. The zero-order valence-electron chi connectivity index (χ0n) is 12.1. The number of nitrogens with two attached hydrogens (primary N) is 1. The van der Waals surface area contributed by atoms with Gasteiger partial charge in [-0.25, -0.2) is 9.78 Å². The van der Waals surface area contributed by atoms with E-state index in [2.05, 4.69) is 4.98 Å². The van der Waals surface area contributed by atoms with Gasteiger partial charge in [-0.15, -0.1) is 0 Å². The molecule has 1 aromatic carbocycles. The number of nitrogens with zero attached hydrogens (tertiary/aromatic N) is 1. The van der Waals surface area contributed by atoms with E-state index in [1.165, 1.54) is 0 Å². The predicted molar refractivity (Wildman–Crippen MR) is 80.5 cm³/mol. The summed E-state index contributed by atoms with van der Waals surface area (Å²) in [6.45, 7) is 0. The van der Waals surface area contributed by atoms with Crippen LogP contribution in [0.5, 0.6) is 0 Å². The van der Waals surface area contributed by atoms with Crippen molar-refractivity contribution in [2.75, 3.05) is 5.73 Å². The molecular formula is C14H11ClF2N2O6. The van der Waals surface area contributed by atoms with E-state index >= 15 is 0 Å². The van der Waals surface area contributed by atoms with Crippen LogP contribution in [-0.2, 0) is 12.1 Å². The molecule has 0 spiro atoms. The van der Waals surface area contributed by atoms with Crippen molar-refractivity contribution in [2.24, 2.45) is 0 Å². The number of aliphatic hydroxyl groups is 4. The first-order valence-corrected chi connectivity index (χ1v) is 6.82. The predicted octanol–water partition coefficient (Wildman–Crippen LogP) is 0.811. The van der Waals surface area contributed by atoms with Crippen molar-refractivity contribution in [3.8, 4) is 11.3 Å². The lowest BCUT2D eigenvalue weighted by Crippen LogP contribution is -2.27. The first kappa shape index (κ1) is 19.0. The maximum absolute atomic E-state index is 13.5. The van der Waals surface area contributed by atoms with Gasteiger partial charge in [0.2, 0.25) is 0 Å².